The van der Waals surface area contributed by atoms with Crippen LogP contribution in [0.4, 0.5) is 0 Å². The van der Waals surface area contributed by atoms with Gasteiger partial charge in [-0.2, -0.15) is 0 Å². The van der Waals surface area contributed by atoms with Gasteiger partial charge in [0.25, 0.3) is 0 Å². The molecule has 1 fully saturated rings. The lowest BCUT2D eigenvalue weighted by atomic mass is 9.90. The Morgan fingerprint density at radius 3 is 2.69 bits per heavy atom. The van der Waals surface area contributed by atoms with Crippen LogP contribution in [0, 0.1) is 11.8 Å². The summed E-state index contributed by atoms with van der Waals surface area (Å²) in [6, 6.07) is 0. The predicted octanol–water partition coefficient (Wildman–Crippen LogP) is 1.49. The van der Waals surface area contributed by atoms with E-state index in [-0.39, 0.29) is 5.92 Å². The minimum Gasteiger partial charge on any atom is -0.481 e. The molecule has 0 aromatic rings. The van der Waals surface area contributed by atoms with Gasteiger partial charge in [-0.15, -0.1) is 0 Å². The van der Waals surface area contributed by atoms with Crippen molar-refractivity contribution >= 4 is 5.97 Å². The van der Waals surface area contributed by atoms with Crippen molar-refractivity contribution in [2.45, 2.75) is 32.6 Å². The summed E-state index contributed by atoms with van der Waals surface area (Å²) in [6.45, 7) is 4.00. The van der Waals surface area contributed by atoms with Crippen LogP contribution in [-0.4, -0.2) is 24.2 Å². The summed E-state index contributed by atoms with van der Waals surface area (Å²) in [5.74, 6) is -0.0770. The first kappa shape index (κ1) is 10.5. The van der Waals surface area contributed by atoms with Gasteiger partial charge in [0.05, 0.1) is 5.92 Å². The lowest BCUT2D eigenvalue weighted by molar-refractivity contribution is -0.141. The zero-order valence-corrected chi connectivity index (χ0v) is 8.25. The Bertz CT molecular complexity index is 164. The summed E-state index contributed by atoms with van der Waals surface area (Å²) < 4.78 is 0. The summed E-state index contributed by atoms with van der Waals surface area (Å²) in [5, 5.41) is 12.0. The second-order valence-electron chi connectivity index (χ2n) is 4.01. The molecule has 0 aliphatic carbocycles. The van der Waals surface area contributed by atoms with Crippen molar-refractivity contribution in [2.75, 3.05) is 13.1 Å². The zero-order chi connectivity index (χ0) is 9.68. The molecule has 0 radical (unpaired) electrons. The molecule has 1 rings (SSSR count). The van der Waals surface area contributed by atoms with Crippen LogP contribution in [0.15, 0.2) is 0 Å². The summed E-state index contributed by atoms with van der Waals surface area (Å²) in [7, 11) is 0. The largest absolute Gasteiger partial charge is 0.481 e. The van der Waals surface area contributed by atoms with E-state index in [9.17, 15) is 4.79 Å². The molecular formula is C10H19NO2. The molecule has 76 valence electrons. The molecule has 0 saturated carbocycles. The number of nitrogens with one attached hydrogen (secondary N) is 1. The van der Waals surface area contributed by atoms with Crippen LogP contribution in [0.25, 0.3) is 0 Å². The monoisotopic (exact) mass is 185 g/mol. The Morgan fingerprint density at radius 2 is 2.15 bits per heavy atom. The average Bonchev–Trinajstić information content (AvgIpc) is 2.15. The first-order valence-electron chi connectivity index (χ1n) is 5.13. The van der Waals surface area contributed by atoms with Crippen LogP contribution in [0.5, 0.6) is 0 Å². The molecule has 13 heavy (non-hydrogen) atoms. The van der Waals surface area contributed by atoms with Crippen LogP contribution in [0.2, 0.25) is 0 Å². The Morgan fingerprint density at radius 1 is 1.54 bits per heavy atom. The van der Waals surface area contributed by atoms with Gasteiger partial charge >= 0.3 is 5.97 Å². The molecule has 0 spiro atoms. The molecular weight excluding hydrogens is 166 g/mol. The van der Waals surface area contributed by atoms with Gasteiger partial charge in [0.15, 0.2) is 0 Å². The zero-order valence-electron chi connectivity index (χ0n) is 8.25. The van der Waals surface area contributed by atoms with E-state index >= 15 is 0 Å². The highest BCUT2D eigenvalue weighted by atomic mass is 16.4. The van der Waals surface area contributed by atoms with Gasteiger partial charge in [0.2, 0.25) is 0 Å². The topological polar surface area (TPSA) is 49.3 Å². The van der Waals surface area contributed by atoms with Gasteiger partial charge < -0.3 is 10.4 Å². The van der Waals surface area contributed by atoms with Crippen molar-refractivity contribution in [3.8, 4) is 0 Å². The highest BCUT2D eigenvalue weighted by Crippen LogP contribution is 2.20. The molecule has 0 unspecified atom stereocenters. The second kappa shape index (κ2) is 5.22. The van der Waals surface area contributed by atoms with E-state index < -0.39 is 5.97 Å². The molecule has 1 heterocycles. The van der Waals surface area contributed by atoms with Crippen LogP contribution in [0.1, 0.15) is 32.6 Å². The van der Waals surface area contributed by atoms with Gasteiger partial charge in [0, 0.05) is 0 Å². The van der Waals surface area contributed by atoms with Gasteiger partial charge in [-0.25, -0.2) is 0 Å². The number of hydrogen-bond donors (Lipinski definition) is 2. The molecule has 1 aliphatic heterocycles. The number of aliphatic carboxylic acids is 1. The lowest BCUT2D eigenvalue weighted by Crippen LogP contribution is -2.28. The van der Waals surface area contributed by atoms with E-state index in [0.29, 0.717) is 0 Å². The van der Waals surface area contributed by atoms with Crippen molar-refractivity contribution in [1.29, 1.82) is 0 Å². The third-order valence-electron chi connectivity index (χ3n) is 2.89. The fraction of sp³-hybridized carbons (Fsp3) is 0.900. The van der Waals surface area contributed by atoms with Crippen molar-refractivity contribution in [2.24, 2.45) is 11.8 Å². The summed E-state index contributed by atoms with van der Waals surface area (Å²) in [5.41, 5.74) is 0. The fourth-order valence-electron chi connectivity index (χ4n) is 1.78. The number of hydrogen-bond acceptors (Lipinski definition) is 2. The maximum atomic E-state index is 10.6. The molecule has 3 nitrogen and oxygen atoms in total. The van der Waals surface area contributed by atoms with Crippen LogP contribution in [-0.2, 0) is 4.79 Å². The number of rotatable bonds is 4. The van der Waals surface area contributed by atoms with E-state index in [1.165, 1.54) is 12.8 Å². The highest BCUT2D eigenvalue weighted by molar-refractivity contribution is 5.69. The van der Waals surface area contributed by atoms with Crippen molar-refractivity contribution in [3.05, 3.63) is 0 Å². The first-order valence-corrected chi connectivity index (χ1v) is 5.13. The minimum atomic E-state index is -0.658. The standard InChI is InChI=1S/C10H19NO2/c1-8(10(12)13)2-3-9-4-6-11-7-5-9/h8-9,11H,2-7H2,1H3,(H,12,13)/t8-/m1/s1. The van der Waals surface area contributed by atoms with Crippen molar-refractivity contribution < 1.29 is 9.90 Å². The number of carbonyl (C=O) groups is 1. The normalized spacial score (nSPS) is 21.3. The maximum Gasteiger partial charge on any atom is 0.306 e. The quantitative estimate of drug-likeness (QED) is 0.697. The maximum absolute atomic E-state index is 10.6. The van der Waals surface area contributed by atoms with E-state index in [1.807, 2.05) is 0 Å². The molecule has 0 bridgehead atoms. The highest BCUT2D eigenvalue weighted by Gasteiger charge is 2.16. The molecule has 1 aliphatic rings. The predicted molar refractivity (Wildman–Crippen MR) is 51.6 cm³/mol. The van der Waals surface area contributed by atoms with Crippen LogP contribution in [0.3, 0.4) is 0 Å². The molecule has 1 saturated heterocycles. The van der Waals surface area contributed by atoms with E-state index in [0.717, 1.165) is 31.8 Å². The molecule has 0 aromatic carbocycles. The van der Waals surface area contributed by atoms with Gasteiger partial charge in [-0.05, 0) is 44.7 Å². The van der Waals surface area contributed by atoms with Crippen LogP contribution >= 0.6 is 0 Å². The molecule has 1 atom stereocenters. The molecule has 0 amide bonds. The molecule has 2 N–H and O–H groups in total. The number of carboxylic acids is 1. The first-order chi connectivity index (χ1) is 6.20. The van der Waals surface area contributed by atoms with Crippen molar-refractivity contribution in [1.82, 2.24) is 5.32 Å². The van der Waals surface area contributed by atoms with Gasteiger partial charge in [0.1, 0.15) is 0 Å². The smallest absolute Gasteiger partial charge is 0.306 e. The third-order valence-corrected chi connectivity index (χ3v) is 2.89. The van der Waals surface area contributed by atoms with Crippen molar-refractivity contribution in [3.63, 3.8) is 0 Å². The summed E-state index contributed by atoms with van der Waals surface area (Å²) in [6.07, 6.45) is 4.34. The summed E-state index contributed by atoms with van der Waals surface area (Å²) >= 11 is 0. The summed E-state index contributed by atoms with van der Waals surface area (Å²) in [4.78, 5) is 10.6. The number of piperidine rings is 1. The Labute approximate surface area is 79.5 Å². The Hall–Kier alpha value is -0.570. The number of carboxylic acid groups (broad SMARTS) is 1. The fourth-order valence-corrected chi connectivity index (χ4v) is 1.78. The minimum absolute atomic E-state index is 0.171. The average molecular weight is 185 g/mol. The molecule has 0 aromatic heterocycles. The van der Waals surface area contributed by atoms with Gasteiger partial charge in [-0.3, -0.25) is 4.79 Å². The Kier molecular flexibility index (Phi) is 4.22. The van der Waals surface area contributed by atoms with E-state index in [1.54, 1.807) is 6.92 Å². The lowest BCUT2D eigenvalue weighted by Gasteiger charge is -2.22. The second-order valence-corrected chi connectivity index (χ2v) is 4.01. The van der Waals surface area contributed by atoms with E-state index in [4.69, 9.17) is 5.11 Å². The third kappa shape index (κ3) is 3.77. The Balaban J connectivity index is 2.13. The van der Waals surface area contributed by atoms with Gasteiger partial charge in [-0.1, -0.05) is 6.92 Å². The SMILES string of the molecule is C[C@H](CCC1CCNCC1)C(=O)O. The van der Waals surface area contributed by atoms with Crippen LogP contribution < -0.4 is 5.32 Å². The van der Waals surface area contributed by atoms with E-state index in [2.05, 4.69) is 5.32 Å². The molecule has 3 heteroatoms.